The number of ether oxygens (including phenoxy) is 1. The van der Waals surface area contributed by atoms with Crippen molar-refractivity contribution in [2.45, 2.75) is 6.92 Å². The van der Waals surface area contributed by atoms with E-state index in [1.807, 2.05) is 13.0 Å². The zero-order valence-electron chi connectivity index (χ0n) is 9.92. The van der Waals surface area contributed by atoms with E-state index >= 15 is 0 Å². The number of carbonyl (C=O) groups is 1. The predicted octanol–water partition coefficient (Wildman–Crippen LogP) is 1.33. The van der Waals surface area contributed by atoms with Gasteiger partial charge < -0.3 is 15.4 Å². The molecule has 1 rings (SSSR count). The maximum absolute atomic E-state index is 11.4. The lowest BCUT2D eigenvalue weighted by molar-refractivity contribution is -0.119. The zero-order valence-corrected chi connectivity index (χ0v) is 11.5. The van der Waals surface area contributed by atoms with Crippen LogP contribution in [-0.2, 0) is 9.53 Å². The number of rotatable bonds is 6. The SMILES string of the molecule is COCCNC(=O)CNc1cc(C)c(Br)cn1. The highest BCUT2D eigenvalue weighted by atomic mass is 79.9. The fraction of sp³-hybridized carbons (Fsp3) is 0.455. The van der Waals surface area contributed by atoms with Crippen LogP contribution in [0.25, 0.3) is 0 Å². The van der Waals surface area contributed by atoms with Crippen molar-refractivity contribution in [2.75, 3.05) is 32.1 Å². The number of aryl methyl sites for hydroxylation is 1. The molecule has 94 valence electrons. The summed E-state index contributed by atoms with van der Waals surface area (Å²) in [4.78, 5) is 15.5. The van der Waals surface area contributed by atoms with Crippen molar-refractivity contribution in [3.63, 3.8) is 0 Å². The van der Waals surface area contributed by atoms with Crippen LogP contribution in [0.5, 0.6) is 0 Å². The first-order valence-corrected chi connectivity index (χ1v) is 6.04. The van der Waals surface area contributed by atoms with E-state index in [9.17, 15) is 4.79 Å². The van der Waals surface area contributed by atoms with Gasteiger partial charge in [-0.3, -0.25) is 4.79 Å². The molecule has 0 bridgehead atoms. The minimum absolute atomic E-state index is 0.0792. The monoisotopic (exact) mass is 301 g/mol. The molecule has 0 saturated heterocycles. The van der Waals surface area contributed by atoms with Crippen LogP contribution in [0.3, 0.4) is 0 Å². The number of carbonyl (C=O) groups excluding carboxylic acids is 1. The Kier molecular flexibility index (Phi) is 5.93. The quantitative estimate of drug-likeness (QED) is 0.778. The number of nitrogens with zero attached hydrogens (tertiary/aromatic N) is 1. The van der Waals surface area contributed by atoms with E-state index in [2.05, 4.69) is 31.5 Å². The van der Waals surface area contributed by atoms with Crippen molar-refractivity contribution >= 4 is 27.7 Å². The predicted molar refractivity (Wildman–Crippen MR) is 70.0 cm³/mol. The highest BCUT2D eigenvalue weighted by Crippen LogP contribution is 2.16. The number of hydrogen-bond donors (Lipinski definition) is 2. The molecule has 0 aromatic carbocycles. The zero-order chi connectivity index (χ0) is 12.7. The fourth-order valence-electron chi connectivity index (χ4n) is 1.16. The Morgan fingerprint density at radius 3 is 3.00 bits per heavy atom. The standard InChI is InChI=1S/C11H16BrN3O2/c1-8-5-10(14-6-9(8)12)15-7-11(16)13-3-4-17-2/h5-6H,3-4,7H2,1-2H3,(H,13,16)(H,14,15). The summed E-state index contributed by atoms with van der Waals surface area (Å²) in [7, 11) is 1.60. The number of amides is 1. The third kappa shape index (κ3) is 5.14. The lowest BCUT2D eigenvalue weighted by Crippen LogP contribution is -2.32. The Balaban J connectivity index is 2.34. The van der Waals surface area contributed by atoms with Crippen molar-refractivity contribution in [3.05, 3.63) is 22.3 Å². The molecule has 0 aliphatic rings. The van der Waals surface area contributed by atoms with Gasteiger partial charge in [0.25, 0.3) is 0 Å². The molecular formula is C11H16BrN3O2. The summed E-state index contributed by atoms with van der Waals surface area (Å²) in [5, 5.41) is 5.67. The number of nitrogens with one attached hydrogen (secondary N) is 2. The van der Waals surface area contributed by atoms with E-state index in [4.69, 9.17) is 4.74 Å². The summed E-state index contributed by atoms with van der Waals surface area (Å²) < 4.78 is 5.78. The number of halogens is 1. The van der Waals surface area contributed by atoms with Crippen LogP contribution in [0.15, 0.2) is 16.7 Å². The molecule has 0 saturated carbocycles. The number of methoxy groups -OCH3 is 1. The van der Waals surface area contributed by atoms with Gasteiger partial charge >= 0.3 is 0 Å². The van der Waals surface area contributed by atoms with Crippen molar-refractivity contribution in [2.24, 2.45) is 0 Å². The topological polar surface area (TPSA) is 63.2 Å². The summed E-state index contributed by atoms with van der Waals surface area (Å²) in [6, 6.07) is 1.88. The van der Waals surface area contributed by atoms with Crippen LogP contribution >= 0.6 is 15.9 Å². The van der Waals surface area contributed by atoms with Crippen LogP contribution in [0.2, 0.25) is 0 Å². The second-order valence-electron chi connectivity index (χ2n) is 3.52. The second-order valence-corrected chi connectivity index (χ2v) is 4.37. The Bertz CT molecular complexity index is 385. The molecule has 1 aromatic heterocycles. The van der Waals surface area contributed by atoms with Crippen molar-refractivity contribution in [3.8, 4) is 0 Å². The molecule has 0 aliphatic carbocycles. The van der Waals surface area contributed by atoms with Crippen molar-refractivity contribution in [1.29, 1.82) is 0 Å². The van der Waals surface area contributed by atoms with E-state index in [-0.39, 0.29) is 12.5 Å². The van der Waals surface area contributed by atoms with E-state index in [1.165, 1.54) is 0 Å². The number of aromatic nitrogens is 1. The Hall–Kier alpha value is -1.14. The van der Waals surface area contributed by atoms with Gasteiger partial charge in [-0.25, -0.2) is 4.98 Å². The first-order chi connectivity index (χ1) is 8.13. The molecule has 1 heterocycles. The van der Waals surface area contributed by atoms with Crippen LogP contribution in [0.4, 0.5) is 5.82 Å². The van der Waals surface area contributed by atoms with Gasteiger partial charge in [-0.05, 0) is 34.5 Å². The van der Waals surface area contributed by atoms with E-state index < -0.39 is 0 Å². The van der Waals surface area contributed by atoms with Crippen molar-refractivity contribution < 1.29 is 9.53 Å². The maximum atomic E-state index is 11.4. The highest BCUT2D eigenvalue weighted by Gasteiger charge is 2.02. The van der Waals surface area contributed by atoms with Gasteiger partial charge in [0.05, 0.1) is 13.2 Å². The molecular weight excluding hydrogens is 286 g/mol. The van der Waals surface area contributed by atoms with Gasteiger partial charge in [-0.1, -0.05) is 0 Å². The molecule has 0 unspecified atom stereocenters. The van der Waals surface area contributed by atoms with Crippen LogP contribution in [0.1, 0.15) is 5.56 Å². The molecule has 0 radical (unpaired) electrons. The van der Waals surface area contributed by atoms with E-state index in [0.29, 0.717) is 19.0 Å². The summed E-state index contributed by atoms with van der Waals surface area (Å²) >= 11 is 3.37. The Morgan fingerprint density at radius 1 is 1.59 bits per heavy atom. The highest BCUT2D eigenvalue weighted by molar-refractivity contribution is 9.10. The minimum atomic E-state index is -0.0792. The van der Waals surface area contributed by atoms with Crippen LogP contribution < -0.4 is 10.6 Å². The number of hydrogen-bond acceptors (Lipinski definition) is 4. The molecule has 2 N–H and O–H groups in total. The molecule has 0 aliphatic heterocycles. The minimum Gasteiger partial charge on any atom is -0.383 e. The third-order valence-electron chi connectivity index (χ3n) is 2.11. The van der Waals surface area contributed by atoms with Gasteiger partial charge in [0.1, 0.15) is 5.82 Å². The fourth-order valence-corrected chi connectivity index (χ4v) is 1.38. The lowest BCUT2D eigenvalue weighted by Gasteiger charge is -2.07. The summed E-state index contributed by atoms with van der Waals surface area (Å²) in [6.45, 7) is 3.21. The molecule has 0 spiro atoms. The van der Waals surface area contributed by atoms with Gasteiger partial charge in [-0.2, -0.15) is 0 Å². The summed E-state index contributed by atoms with van der Waals surface area (Å²) in [5.74, 6) is 0.608. The van der Waals surface area contributed by atoms with Gasteiger partial charge in [0, 0.05) is 24.3 Å². The first-order valence-electron chi connectivity index (χ1n) is 5.25. The molecule has 17 heavy (non-hydrogen) atoms. The Labute approximate surface area is 109 Å². The second kappa shape index (κ2) is 7.24. The third-order valence-corrected chi connectivity index (χ3v) is 2.94. The molecule has 0 atom stereocenters. The summed E-state index contributed by atoms with van der Waals surface area (Å²) in [6.07, 6.45) is 1.71. The first kappa shape index (κ1) is 13.9. The summed E-state index contributed by atoms with van der Waals surface area (Å²) in [5.41, 5.74) is 1.07. The average molecular weight is 302 g/mol. The average Bonchev–Trinajstić information content (AvgIpc) is 2.31. The van der Waals surface area contributed by atoms with E-state index in [1.54, 1.807) is 13.3 Å². The number of pyridine rings is 1. The normalized spacial score (nSPS) is 10.1. The molecule has 6 heteroatoms. The largest absolute Gasteiger partial charge is 0.383 e. The molecule has 0 fully saturated rings. The maximum Gasteiger partial charge on any atom is 0.239 e. The number of anilines is 1. The smallest absolute Gasteiger partial charge is 0.239 e. The van der Waals surface area contributed by atoms with Gasteiger partial charge in [0.15, 0.2) is 0 Å². The molecule has 1 amide bonds. The van der Waals surface area contributed by atoms with Crippen LogP contribution in [0, 0.1) is 6.92 Å². The lowest BCUT2D eigenvalue weighted by atomic mass is 10.3. The van der Waals surface area contributed by atoms with Crippen molar-refractivity contribution in [1.82, 2.24) is 10.3 Å². The molecule has 5 nitrogen and oxygen atoms in total. The Morgan fingerprint density at radius 2 is 2.35 bits per heavy atom. The van der Waals surface area contributed by atoms with Gasteiger partial charge in [0.2, 0.25) is 5.91 Å². The van der Waals surface area contributed by atoms with E-state index in [0.717, 1.165) is 10.0 Å². The van der Waals surface area contributed by atoms with Gasteiger partial charge in [-0.15, -0.1) is 0 Å². The van der Waals surface area contributed by atoms with Crippen LogP contribution in [-0.4, -0.2) is 37.7 Å². The molecule has 1 aromatic rings.